The van der Waals surface area contributed by atoms with Gasteiger partial charge in [0, 0.05) is 0 Å². The van der Waals surface area contributed by atoms with E-state index in [1.807, 2.05) is 0 Å². The van der Waals surface area contributed by atoms with Crippen LogP contribution in [0.2, 0.25) is 13.1 Å². The van der Waals surface area contributed by atoms with Crippen LogP contribution in [0.25, 0.3) is 43.8 Å². The zero-order chi connectivity index (χ0) is 35.7. The Morgan fingerprint density at radius 2 is 1.04 bits per heavy atom. The molecule has 1 unspecified atom stereocenters. The zero-order valence-corrected chi connectivity index (χ0v) is 37.6. The van der Waals surface area contributed by atoms with Crippen molar-refractivity contribution in [2.45, 2.75) is 122 Å². The normalized spacial score (nSPS) is 15.3. The third-order valence-electron chi connectivity index (χ3n) is 11.4. The number of aryl methyl sites for hydroxylation is 1. The number of hydrogen-bond acceptors (Lipinski definition) is 0. The number of halogens is 2. The molecule has 0 radical (unpaired) electrons. The molecule has 2 aliphatic carbocycles. The Morgan fingerprint density at radius 3 is 1.47 bits per heavy atom. The number of fused-ring (bicyclic) bond motifs is 2. The van der Waals surface area contributed by atoms with Crippen LogP contribution in [-0.4, -0.2) is 5.43 Å². The first kappa shape index (κ1) is 43.5. The molecule has 1 atom stereocenters. The molecule has 2 fully saturated rings. The van der Waals surface area contributed by atoms with E-state index in [4.69, 9.17) is 0 Å². The molecule has 0 aromatic heterocycles. The Kier molecular flexibility index (Phi) is 17.4. The largest absolute Gasteiger partial charge is 1.00 e. The predicted octanol–water partition coefficient (Wildman–Crippen LogP) is 9.16. The quantitative estimate of drug-likeness (QED) is 0.116. The summed E-state index contributed by atoms with van der Waals surface area (Å²) in [5.74, 6) is 2.21. The van der Waals surface area contributed by atoms with Gasteiger partial charge in [0.15, 0.2) is 0 Å². The molecule has 4 heteroatoms. The summed E-state index contributed by atoms with van der Waals surface area (Å²) >= 11 is 1.74. The SMILES string of the molecule is CCC(C)c1cc2c(-c3ccc(C4CCCCC4)cc3)cccc2[cH-]1.C[Si](C)=[Zr+2].Cc1cc2c(-c3ccc(C4CCCCC4)cc3)cccc2[cH-]1.[Cl-].[Cl-]. The fourth-order valence-corrected chi connectivity index (χ4v) is 8.41. The molecule has 2 aliphatic rings. The molecule has 0 N–H and O–H groups in total. The van der Waals surface area contributed by atoms with Crippen LogP contribution >= 0.6 is 0 Å². The van der Waals surface area contributed by atoms with Gasteiger partial charge in [-0.15, -0.1) is 69.1 Å². The van der Waals surface area contributed by atoms with Gasteiger partial charge in [-0.1, -0.05) is 138 Å². The third-order valence-corrected chi connectivity index (χ3v) is 11.4. The summed E-state index contributed by atoms with van der Waals surface area (Å²) in [6.45, 7) is 11.4. The topological polar surface area (TPSA) is 0 Å². The monoisotopic (exact) mass is 834 g/mol. The first-order chi connectivity index (χ1) is 24.8. The minimum atomic E-state index is 0. The number of hydrogen-bond donors (Lipinski definition) is 0. The van der Waals surface area contributed by atoms with E-state index in [-0.39, 0.29) is 30.2 Å². The van der Waals surface area contributed by atoms with E-state index in [2.05, 4.69) is 143 Å². The summed E-state index contributed by atoms with van der Waals surface area (Å²) in [7, 11) is 0. The first-order valence-electron chi connectivity index (χ1n) is 19.9. The maximum atomic E-state index is 2.41. The molecule has 53 heavy (non-hydrogen) atoms. The van der Waals surface area contributed by atoms with Gasteiger partial charge in [0.05, 0.1) is 0 Å². The van der Waals surface area contributed by atoms with E-state index < -0.39 is 0 Å². The van der Waals surface area contributed by atoms with Crippen molar-refractivity contribution in [1.29, 1.82) is 0 Å². The van der Waals surface area contributed by atoms with Gasteiger partial charge in [-0.05, 0) is 65.7 Å². The van der Waals surface area contributed by atoms with Crippen LogP contribution in [-0.2, 0) is 23.3 Å². The molecular formula is C49H58Cl2SiZr-2. The average Bonchev–Trinajstić information content (AvgIpc) is 3.79. The standard InChI is InChI=1S/C25H29.C22H23.C2H6Si.2ClH.Zr/c1-3-18(2)23-16-22-10-7-11-24(25(22)17-23)21-14-12-20(13-15-21)19-8-5-4-6-9-19;1-16-14-20-8-5-9-21(22(20)15-16)19-12-10-18(11-13-19)17-6-3-2-4-7-17;1-3-2;;;/h7,10-19H,3-6,8-9H2,1-2H3;5,8-15,17H,2-4,6-7H2,1H3;1-2H3;2*1H;/q2*-1;;;;+2/p-2. The van der Waals surface area contributed by atoms with Crippen molar-refractivity contribution in [2.24, 2.45) is 0 Å². The van der Waals surface area contributed by atoms with Gasteiger partial charge in [0.1, 0.15) is 0 Å². The molecule has 2 saturated carbocycles. The summed E-state index contributed by atoms with van der Waals surface area (Å²) in [4.78, 5) is 0. The van der Waals surface area contributed by atoms with Gasteiger partial charge in [-0.3, -0.25) is 0 Å². The summed E-state index contributed by atoms with van der Waals surface area (Å²) in [6, 6.07) is 41.5. The van der Waals surface area contributed by atoms with Crippen LogP contribution in [0.1, 0.15) is 124 Å². The fraction of sp³-hybridized carbons (Fsp3) is 0.388. The number of rotatable bonds is 6. The van der Waals surface area contributed by atoms with Crippen molar-refractivity contribution in [3.8, 4) is 22.3 Å². The summed E-state index contributed by atoms with van der Waals surface area (Å²) in [5, 5.41) is 5.52. The smallest absolute Gasteiger partial charge is 0.0162 e. The Bertz CT molecular complexity index is 2000. The van der Waals surface area contributed by atoms with E-state index in [1.54, 1.807) is 28.9 Å². The van der Waals surface area contributed by atoms with Gasteiger partial charge in [-0.25, -0.2) is 0 Å². The van der Waals surface area contributed by atoms with Gasteiger partial charge < -0.3 is 24.8 Å². The van der Waals surface area contributed by atoms with Crippen LogP contribution in [0.15, 0.2) is 109 Å². The zero-order valence-electron chi connectivity index (χ0n) is 32.7. The van der Waals surface area contributed by atoms with E-state index in [1.165, 1.54) is 131 Å². The molecule has 278 valence electrons. The molecular weight excluding hydrogens is 779 g/mol. The van der Waals surface area contributed by atoms with Crippen molar-refractivity contribution >= 4 is 27.0 Å². The van der Waals surface area contributed by atoms with Crippen molar-refractivity contribution in [1.82, 2.24) is 0 Å². The predicted molar refractivity (Wildman–Crippen MR) is 223 cm³/mol. The van der Waals surface area contributed by atoms with Gasteiger partial charge in [0.25, 0.3) is 0 Å². The van der Waals surface area contributed by atoms with E-state index in [0.29, 0.717) is 5.92 Å². The second-order valence-electron chi connectivity index (χ2n) is 15.7. The second kappa shape index (κ2) is 21.2. The molecule has 0 bridgehead atoms. The van der Waals surface area contributed by atoms with E-state index in [9.17, 15) is 0 Å². The van der Waals surface area contributed by atoms with Crippen LogP contribution in [0.4, 0.5) is 0 Å². The van der Waals surface area contributed by atoms with Crippen molar-refractivity contribution in [2.75, 3.05) is 0 Å². The molecule has 8 rings (SSSR count). The van der Waals surface area contributed by atoms with Crippen LogP contribution < -0.4 is 24.8 Å². The Labute approximate surface area is 348 Å². The van der Waals surface area contributed by atoms with Crippen LogP contribution in [0.5, 0.6) is 0 Å². The maximum absolute atomic E-state index is 2.41. The molecule has 0 nitrogen and oxygen atoms in total. The van der Waals surface area contributed by atoms with Crippen LogP contribution in [0, 0.1) is 6.92 Å². The number of benzene rings is 4. The fourth-order valence-electron chi connectivity index (χ4n) is 8.41. The third kappa shape index (κ3) is 11.4. The molecule has 6 aromatic carbocycles. The van der Waals surface area contributed by atoms with Crippen molar-refractivity contribution in [3.63, 3.8) is 0 Å². The Hall–Kier alpha value is -2.22. The summed E-state index contributed by atoms with van der Waals surface area (Å²) in [5.41, 5.74) is 11.5. The van der Waals surface area contributed by atoms with Crippen molar-refractivity contribution < 1.29 is 48.1 Å². The summed E-state index contributed by atoms with van der Waals surface area (Å²) < 4.78 is 0. The molecule has 0 heterocycles. The Balaban J connectivity index is 0.000000209. The average molecular weight is 837 g/mol. The second-order valence-corrected chi connectivity index (χ2v) is 25.0. The molecule has 0 amide bonds. The minimum Gasteiger partial charge on any atom is -1.00 e. The summed E-state index contributed by atoms with van der Waals surface area (Å²) in [6.07, 6.45) is 15.1. The van der Waals surface area contributed by atoms with E-state index >= 15 is 0 Å². The molecule has 0 spiro atoms. The molecule has 0 saturated heterocycles. The van der Waals surface area contributed by atoms with Crippen molar-refractivity contribution in [3.05, 3.63) is 131 Å². The van der Waals surface area contributed by atoms with Gasteiger partial charge >= 0.3 is 41.9 Å². The Morgan fingerprint density at radius 1 is 0.623 bits per heavy atom. The molecule has 0 aliphatic heterocycles. The van der Waals surface area contributed by atoms with Crippen LogP contribution in [0.3, 0.4) is 0 Å². The first-order valence-corrected chi connectivity index (χ1v) is 26.1. The van der Waals surface area contributed by atoms with Gasteiger partial charge in [-0.2, -0.15) is 12.1 Å². The maximum Gasteiger partial charge on any atom is -0.0162 e. The molecule has 6 aromatic rings. The minimum absolute atomic E-state index is 0. The van der Waals surface area contributed by atoms with Gasteiger partial charge in [0.2, 0.25) is 0 Å². The van der Waals surface area contributed by atoms with E-state index in [0.717, 1.165) is 11.8 Å².